The van der Waals surface area contributed by atoms with Crippen molar-refractivity contribution >= 4 is 22.4 Å². The largest absolute Gasteiger partial charge is 0.487 e. The van der Waals surface area contributed by atoms with Crippen molar-refractivity contribution in [1.82, 2.24) is 4.37 Å². The molecule has 1 aliphatic heterocycles. The highest BCUT2D eigenvalue weighted by Crippen LogP contribution is 2.42. The highest BCUT2D eigenvalue weighted by atomic mass is 32.1. The third-order valence-corrected chi connectivity index (χ3v) is 3.82. The smallest absolute Gasteiger partial charge is 0.197 e. The van der Waals surface area contributed by atoms with Crippen LogP contribution in [0.2, 0.25) is 0 Å². The minimum Gasteiger partial charge on any atom is -0.487 e. The SMILES string of the molecule is CCOc1c(N)nsc1N1CCC(C)(C)C1. The van der Waals surface area contributed by atoms with E-state index >= 15 is 0 Å². The molecular weight excluding hydrogens is 222 g/mol. The van der Waals surface area contributed by atoms with Gasteiger partial charge in [-0.3, -0.25) is 0 Å². The first kappa shape index (κ1) is 11.5. The van der Waals surface area contributed by atoms with Crippen molar-refractivity contribution in [3.05, 3.63) is 0 Å². The van der Waals surface area contributed by atoms with Gasteiger partial charge in [-0.2, -0.15) is 4.37 Å². The number of hydrogen-bond acceptors (Lipinski definition) is 5. The van der Waals surface area contributed by atoms with Crippen molar-refractivity contribution in [2.75, 3.05) is 30.3 Å². The van der Waals surface area contributed by atoms with Crippen molar-refractivity contribution in [2.45, 2.75) is 27.2 Å². The van der Waals surface area contributed by atoms with Crippen LogP contribution in [0.1, 0.15) is 27.2 Å². The van der Waals surface area contributed by atoms with E-state index in [0.717, 1.165) is 23.8 Å². The molecule has 1 saturated heterocycles. The average Bonchev–Trinajstić information content (AvgIpc) is 2.72. The molecule has 0 aromatic carbocycles. The van der Waals surface area contributed by atoms with E-state index in [1.807, 2.05) is 6.92 Å². The van der Waals surface area contributed by atoms with Crippen LogP contribution in [0.25, 0.3) is 0 Å². The van der Waals surface area contributed by atoms with Gasteiger partial charge in [0.25, 0.3) is 0 Å². The third-order valence-electron chi connectivity index (χ3n) is 2.91. The normalized spacial score (nSPS) is 19.1. The van der Waals surface area contributed by atoms with E-state index in [1.165, 1.54) is 18.0 Å². The lowest BCUT2D eigenvalue weighted by Crippen LogP contribution is -2.22. The van der Waals surface area contributed by atoms with Crippen LogP contribution in [0.3, 0.4) is 0 Å². The van der Waals surface area contributed by atoms with Crippen LogP contribution in [0, 0.1) is 5.41 Å². The topological polar surface area (TPSA) is 51.4 Å². The molecule has 4 nitrogen and oxygen atoms in total. The van der Waals surface area contributed by atoms with Crippen molar-refractivity contribution < 1.29 is 4.74 Å². The number of ether oxygens (including phenoxy) is 1. The molecule has 2 heterocycles. The van der Waals surface area contributed by atoms with E-state index in [1.54, 1.807) is 0 Å². The second-order valence-electron chi connectivity index (χ2n) is 4.97. The average molecular weight is 241 g/mol. The summed E-state index contributed by atoms with van der Waals surface area (Å²) >= 11 is 1.44. The molecule has 1 aromatic heterocycles. The summed E-state index contributed by atoms with van der Waals surface area (Å²) in [5, 5.41) is 1.09. The maximum absolute atomic E-state index is 5.81. The van der Waals surface area contributed by atoms with Crippen molar-refractivity contribution in [3.8, 4) is 5.75 Å². The fourth-order valence-electron chi connectivity index (χ4n) is 2.05. The Bertz CT molecular complexity index is 375. The Hall–Kier alpha value is -0.970. The van der Waals surface area contributed by atoms with Crippen LogP contribution in [-0.2, 0) is 0 Å². The molecule has 1 fully saturated rings. The van der Waals surface area contributed by atoms with Crippen LogP contribution in [0.15, 0.2) is 0 Å². The molecule has 0 bridgehead atoms. The molecule has 90 valence electrons. The minimum absolute atomic E-state index is 0.377. The Balaban J connectivity index is 2.21. The molecule has 0 aliphatic carbocycles. The second-order valence-corrected chi connectivity index (χ2v) is 5.72. The number of aromatic nitrogens is 1. The zero-order valence-electron chi connectivity index (χ0n) is 10.1. The van der Waals surface area contributed by atoms with E-state index < -0.39 is 0 Å². The first-order chi connectivity index (χ1) is 7.53. The van der Waals surface area contributed by atoms with Crippen molar-refractivity contribution in [2.24, 2.45) is 5.41 Å². The van der Waals surface area contributed by atoms with Gasteiger partial charge in [0, 0.05) is 13.1 Å². The molecule has 2 N–H and O–H groups in total. The van der Waals surface area contributed by atoms with Crippen molar-refractivity contribution in [3.63, 3.8) is 0 Å². The standard InChI is InChI=1S/C11H19N3OS/c1-4-15-8-9(12)13-16-10(8)14-6-5-11(2,3)7-14/h4-7H2,1-3H3,(H2,12,13). The molecule has 5 heteroatoms. The van der Waals surface area contributed by atoms with Gasteiger partial charge in [-0.1, -0.05) is 13.8 Å². The Labute approximate surface area is 101 Å². The van der Waals surface area contributed by atoms with E-state index in [4.69, 9.17) is 10.5 Å². The molecular formula is C11H19N3OS. The molecule has 0 atom stereocenters. The highest BCUT2D eigenvalue weighted by molar-refractivity contribution is 7.11. The summed E-state index contributed by atoms with van der Waals surface area (Å²) in [7, 11) is 0. The second kappa shape index (κ2) is 4.13. The fraction of sp³-hybridized carbons (Fsp3) is 0.727. The van der Waals surface area contributed by atoms with E-state index in [0.29, 0.717) is 17.8 Å². The van der Waals surface area contributed by atoms with Gasteiger partial charge in [-0.15, -0.1) is 0 Å². The van der Waals surface area contributed by atoms with Crippen LogP contribution in [0.5, 0.6) is 5.75 Å². The van der Waals surface area contributed by atoms with Gasteiger partial charge in [0.2, 0.25) is 0 Å². The molecule has 0 saturated carbocycles. The summed E-state index contributed by atoms with van der Waals surface area (Å²) in [5.41, 5.74) is 6.19. The molecule has 0 amide bonds. The molecule has 0 spiro atoms. The minimum atomic E-state index is 0.377. The zero-order chi connectivity index (χ0) is 11.8. The predicted molar refractivity (Wildman–Crippen MR) is 68.3 cm³/mol. The lowest BCUT2D eigenvalue weighted by molar-refractivity contribution is 0.343. The van der Waals surface area contributed by atoms with Crippen LogP contribution in [0.4, 0.5) is 10.8 Å². The lowest BCUT2D eigenvalue weighted by atomic mass is 9.93. The number of hydrogen-bond donors (Lipinski definition) is 1. The number of anilines is 2. The van der Waals surface area contributed by atoms with Gasteiger partial charge in [0.1, 0.15) is 0 Å². The van der Waals surface area contributed by atoms with Crippen LogP contribution < -0.4 is 15.4 Å². The summed E-state index contributed by atoms with van der Waals surface area (Å²) in [6.07, 6.45) is 1.20. The number of nitrogen functional groups attached to an aromatic ring is 1. The van der Waals surface area contributed by atoms with Gasteiger partial charge >= 0.3 is 0 Å². The van der Waals surface area contributed by atoms with Gasteiger partial charge in [-0.05, 0) is 30.3 Å². The summed E-state index contributed by atoms with van der Waals surface area (Å²) in [6.45, 7) is 9.29. The third kappa shape index (κ3) is 2.09. The monoisotopic (exact) mass is 241 g/mol. The number of nitrogens with zero attached hydrogens (tertiary/aromatic N) is 2. The predicted octanol–water partition coefficient (Wildman–Crippen LogP) is 2.36. The summed E-state index contributed by atoms with van der Waals surface area (Å²) in [4.78, 5) is 2.33. The van der Waals surface area contributed by atoms with Gasteiger partial charge < -0.3 is 15.4 Å². The van der Waals surface area contributed by atoms with E-state index in [9.17, 15) is 0 Å². The Morgan fingerprint density at radius 2 is 2.31 bits per heavy atom. The van der Waals surface area contributed by atoms with Crippen LogP contribution >= 0.6 is 11.5 Å². The molecule has 2 rings (SSSR count). The summed E-state index contributed by atoms with van der Waals surface area (Å²) in [5.74, 6) is 1.29. The number of nitrogens with two attached hydrogens (primary N) is 1. The van der Waals surface area contributed by atoms with Gasteiger partial charge in [0.15, 0.2) is 16.6 Å². The van der Waals surface area contributed by atoms with E-state index in [2.05, 4.69) is 23.1 Å². The van der Waals surface area contributed by atoms with Gasteiger partial charge in [0.05, 0.1) is 6.61 Å². The lowest BCUT2D eigenvalue weighted by Gasteiger charge is -2.20. The van der Waals surface area contributed by atoms with Gasteiger partial charge in [-0.25, -0.2) is 0 Å². The highest BCUT2D eigenvalue weighted by Gasteiger charge is 2.32. The Morgan fingerprint density at radius 1 is 1.56 bits per heavy atom. The first-order valence-corrected chi connectivity index (χ1v) is 6.44. The maximum Gasteiger partial charge on any atom is 0.197 e. The molecule has 0 unspecified atom stereocenters. The summed E-state index contributed by atoms with van der Waals surface area (Å²) < 4.78 is 9.75. The van der Waals surface area contributed by atoms with Crippen molar-refractivity contribution in [1.29, 1.82) is 0 Å². The summed E-state index contributed by atoms with van der Waals surface area (Å²) in [6, 6.07) is 0. The Kier molecular flexibility index (Phi) is 2.97. The quantitative estimate of drug-likeness (QED) is 0.882. The molecule has 1 aliphatic rings. The van der Waals surface area contributed by atoms with E-state index in [-0.39, 0.29) is 0 Å². The molecule has 16 heavy (non-hydrogen) atoms. The maximum atomic E-state index is 5.81. The number of rotatable bonds is 3. The Morgan fingerprint density at radius 3 is 2.88 bits per heavy atom. The molecule has 1 aromatic rings. The molecule has 0 radical (unpaired) electrons. The zero-order valence-corrected chi connectivity index (χ0v) is 10.9. The van der Waals surface area contributed by atoms with Crippen LogP contribution in [-0.4, -0.2) is 24.1 Å². The fourth-order valence-corrected chi connectivity index (χ4v) is 2.84. The first-order valence-electron chi connectivity index (χ1n) is 5.66.